The summed E-state index contributed by atoms with van der Waals surface area (Å²) in [6.45, 7) is 3.45. The van der Waals surface area contributed by atoms with E-state index in [9.17, 15) is 0 Å². The summed E-state index contributed by atoms with van der Waals surface area (Å²) < 4.78 is 15.8. The maximum absolute atomic E-state index is 5.58. The Labute approximate surface area is 83.6 Å². The number of hydrogen-bond acceptors (Lipinski definition) is 3. The van der Waals surface area contributed by atoms with Crippen LogP contribution in [0.1, 0.15) is 5.56 Å². The van der Waals surface area contributed by atoms with Gasteiger partial charge in [-0.3, -0.25) is 0 Å². The van der Waals surface area contributed by atoms with Crippen molar-refractivity contribution in [2.75, 3.05) is 20.3 Å². The molecule has 0 radical (unpaired) electrons. The topological polar surface area (TPSA) is 31.0 Å². The molecule has 1 fully saturated rings. The standard InChI is InChI=1S/C11H14O3/c1-8-3-4-10(12-2)11(5-8)14-7-9-6-13-9/h3-5,9H,6-7H2,1-2H3. The molecule has 1 saturated heterocycles. The van der Waals surface area contributed by atoms with E-state index in [0.717, 1.165) is 23.7 Å². The van der Waals surface area contributed by atoms with Crippen molar-refractivity contribution < 1.29 is 14.2 Å². The summed E-state index contributed by atoms with van der Waals surface area (Å²) in [7, 11) is 1.64. The zero-order valence-corrected chi connectivity index (χ0v) is 8.45. The largest absolute Gasteiger partial charge is 0.493 e. The zero-order valence-electron chi connectivity index (χ0n) is 8.45. The Kier molecular flexibility index (Phi) is 2.59. The molecule has 0 bridgehead atoms. The van der Waals surface area contributed by atoms with Crippen LogP contribution in [0.3, 0.4) is 0 Å². The number of hydrogen-bond donors (Lipinski definition) is 0. The van der Waals surface area contributed by atoms with Gasteiger partial charge in [0, 0.05) is 0 Å². The summed E-state index contributed by atoms with van der Waals surface area (Å²) in [6.07, 6.45) is 0.278. The Morgan fingerprint density at radius 1 is 1.43 bits per heavy atom. The number of ether oxygens (including phenoxy) is 3. The number of aryl methyl sites for hydroxylation is 1. The number of methoxy groups -OCH3 is 1. The molecule has 3 nitrogen and oxygen atoms in total. The molecule has 1 aromatic rings. The van der Waals surface area contributed by atoms with Crippen LogP contribution < -0.4 is 9.47 Å². The van der Waals surface area contributed by atoms with Gasteiger partial charge >= 0.3 is 0 Å². The molecule has 0 amide bonds. The van der Waals surface area contributed by atoms with E-state index < -0.39 is 0 Å². The molecule has 0 N–H and O–H groups in total. The van der Waals surface area contributed by atoms with Crippen LogP contribution >= 0.6 is 0 Å². The zero-order chi connectivity index (χ0) is 9.97. The highest BCUT2D eigenvalue weighted by atomic mass is 16.6. The summed E-state index contributed by atoms with van der Waals surface area (Å²) in [5.74, 6) is 1.57. The lowest BCUT2D eigenvalue weighted by molar-refractivity contribution is 0.252. The highest BCUT2D eigenvalue weighted by molar-refractivity contribution is 5.42. The van der Waals surface area contributed by atoms with E-state index in [-0.39, 0.29) is 6.10 Å². The van der Waals surface area contributed by atoms with Crippen molar-refractivity contribution in [1.29, 1.82) is 0 Å². The minimum absolute atomic E-state index is 0.278. The maximum Gasteiger partial charge on any atom is 0.161 e. The van der Waals surface area contributed by atoms with E-state index in [4.69, 9.17) is 14.2 Å². The highest BCUT2D eigenvalue weighted by Gasteiger charge is 2.23. The Bertz CT molecular complexity index is 318. The minimum Gasteiger partial charge on any atom is -0.493 e. The summed E-state index contributed by atoms with van der Waals surface area (Å²) in [4.78, 5) is 0. The van der Waals surface area contributed by atoms with Crippen molar-refractivity contribution in [2.45, 2.75) is 13.0 Å². The Morgan fingerprint density at radius 3 is 2.86 bits per heavy atom. The van der Waals surface area contributed by atoms with Crippen molar-refractivity contribution in [3.05, 3.63) is 23.8 Å². The van der Waals surface area contributed by atoms with Crippen molar-refractivity contribution in [2.24, 2.45) is 0 Å². The Balaban J connectivity index is 2.07. The smallest absolute Gasteiger partial charge is 0.161 e. The first-order valence-electron chi connectivity index (χ1n) is 4.68. The lowest BCUT2D eigenvalue weighted by atomic mass is 10.2. The van der Waals surface area contributed by atoms with Crippen LogP contribution in [-0.2, 0) is 4.74 Å². The predicted molar refractivity (Wildman–Crippen MR) is 53.0 cm³/mol. The molecule has 0 spiro atoms. The van der Waals surface area contributed by atoms with Crippen LogP contribution in [-0.4, -0.2) is 26.4 Å². The Morgan fingerprint density at radius 2 is 2.21 bits per heavy atom. The van der Waals surface area contributed by atoms with Crippen LogP contribution in [0.5, 0.6) is 11.5 Å². The average Bonchev–Trinajstić information content (AvgIpc) is 2.98. The van der Waals surface area contributed by atoms with Gasteiger partial charge in [-0.1, -0.05) is 6.07 Å². The first-order valence-corrected chi connectivity index (χ1v) is 4.68. The molecule has 1 aliphatic heterocycles. The van der Waals surface area contributed by atoms with E-state index in [1.165, 1.54) is 0 Å². The molecule has 1 unspecified atom stereocenters. The van der Waals surface area contributed by atoms with Gasteiger partial charge in [0.2, 0.25) is 0 Å². The number of rotatable bonds is 4. The normalized spacial score (nSPS) is 19.1. The monoisotopic (exact) mass is 194 g/mol. The van der Waals surface area contributed by atoms with Gasteiger partial charge < -0.3 is 14.2 Å². The van der Waals surface area contributed by atoms with E-state index in [0.29, 0.717) is 6.61 Å². The molecule has 1 aromatic carbocycles. The van der Waals surface area contributed by atoms with Gasteiger partial charge in [0.1, 0.15) is 12.7 Å². The SMILES string of the molecule is COc1ccc(C)cc1OCC1CO1. The third-order valence-electron chi connectivity index (χ3n) is 2.15. The fourth-order valence-corrected chi connectivity index (χ4v) is 1.24. The maximum atomic E-state index is 5.58. The van der Waals surface area contributed by atoms with Crippen LogP contribution in [0.15, 0.2) is 18.2 Å². The van der Waals surface area contributed by atoms with E-state index in [2.05, 4.69) is 0 Å². The molecule has 14 heavy (non-hydrogen) atoms. The minimum atomic E-state index is 0.278. The van der Waals surface area contributed by atoms with Gasteiger partial charge in [0.05, 0.1) is 13.7 Å². The molecule has 76 valence electrons. The van der Waals surface area contributed by atoms with Gasteiger partial charge in [-0.15, -0.1) is 0 Å². The molecule has 1 atom stereocenters. The molecule has 1 heterocycles. The number of epoxide rings is 1. The lowest BCUT2D eigenvalue weighted by Gasteiger charge is -2.10. The van der Waals surface area contributed by atoms with Crippen LogP contribution in [0.4, 0.5) is 0 Å². The molecule has 3 heteroatoms. The summed E-state index contributed by atoms with van der Waals surface area (Å²) in [5, 5.41) is 0. The second-order valence-corrected chi connectivity index (χ2v) is 3.42. The van der Waals surface area contributed by atoms with Gasteiger partial charge in [-0.05, 0) is 24.6 Å². The lowest BCUT2D eigenvalue weighted by Crippen LogP contribution is -2.05. The molecule has 0 aromatic heterocycles. The number of benzene rings is 1. The van der Waals surface area contributed by atoms with Crippen LogP contribution in [0, 0.1) is 6.92 Å². The summed E-state index contributed by atoms with van der Waals surface area (Å²) in [6, 6.07) is 5.89. The fraction of sp³-hybridized carbons (Fsp3) is 0.455. The van der Waals surface area contributed by atoms with E-state index in [1.807, 2.05) is 25.1 Å². The van der Waals surface area contributed by atoms with Crippen molar-refractivity contribution >= 4 is 0 Å². The molecular weight excluding hydrogens is 180 g/mol. The molecule has 0 aliphatic carbocycles. The van der Waals surface area contributed by atoms with Gasteiger partial charge in [0.15, 0.2) is 11.5 Å². The van der Waals surface area contributed by atoms with Crippen LogP contribution in [0.25, 0.3) is 0 Å². The van der Waals surface area contributed by atoms with Gasteiger partial charge in [0.25, 0.3) is 0 Å². The second-order valence-electron chi connectivity index (χ2n) is 3.42. The molecule has 1 aliphatic rings. The van der Waals surface area contributed by atoms with E-state index in [1.54, 1.807) is 7.11 Å². The van der Waals surface area contributed by atoms with Gasteiger partial charge in [-0.25, -0.2) is 0 Å². The van der Waals surface area contributed by atoms with Crippen LogP contribution in [0.2, 0.25) is 0 Å². The molecular formula is C11H14O3. The van der Waals surface area contributed by atoms with E-state index >= 15 is 0 Å². The fourth-order valence-electron chi connectivity index (χ4n) is 1.24. The Hall–Kier alpha value is -1.22. The second kappa shape index (κ2) is 3.88. The highest BCUT2D eigenvalue weighted by Crippen LogP contribution is 2.28. The van der Waals surface area contributed by atoms with Crippen molar-refractivity contribution in [1.82, 2.24) is 0 Å². The molecule has 0 saturated carbocycles. The van der Waals surface area contributed by atoms with Gasteiger partial charge in [-0.2, -0.15) is 0 Å². The third-order valence-corrected chi connectivity index (χ3v) is 2.15. The van der Waals surface area contributed by atoms with Crippen molar-refractivity contribution in [3.8, 4) is 11.5 Å². The summed E-state index contributed by atoms with van der Waals surface area (Å²) in [5.41, 5.74) is 1.16. The summed E-state index contributed by atoms with van der Waals surface area (Å²) >= 11 is 0. The first-order chi connectivity index (χ1) is 6.79. The third kappa shape index (κ3) is 2.17. The predicted octanol–water partition coefficient (Wildman–Crippen LogP) is 1.78. The quantitative estimate of drug-likeness (QED) is 0.684. The van der Waals surface area contributed by atoms with Crippen molar-refractivity contribution in [3.63, 3.8) is 0 Å². The first kappa shape index (κ1) is 9.34. The average molecular weight is 194 g/mol. The molecule has 2 rings (SSSR count).